The Labute approximate surface area is 184 Å². The van der Waals surface area contributed by atoms with Gasteiger partial charge in [-0.25, -0.2) is 4.79 Å². The van der Waals surface area contributed by atoms with Crippen molar-refractivity contribution in [2.45, 2.75) is 24.4 Å². The number of carboxylic acid groups (broad SMARTS) is 1. The number of carbonyl (C=O) groups is 4. The van der Waals surface area contributed by atoms with Crippen molar-refractivity contribution in [1.29, 1.82) is 0 Å². The fourth-order valence-electron chi connectivity index (χ4n) is 3.05. The van der Waals surface area contributed by atoms with E-state index in [4.69, 9.17) is 27.9 Å². The SMILES string of the molecule is CC(=O)OCC1=C(C(=O)O)N2C(=O)C(NC(=O)C(O)c3ccc(Cl)c(Cl)c3)C2SC1. The highest BCUT2D eigenvalue weighted by molar-refractivity contribution is 8.00. The average molecular weight is 475 g/mol. The molecule has 3 N–H and O–H groups in total. The summed E-state index contributed by atoms with van der Waals surface area (Å²) in [6.45, 7) is 0.951. The monoisotopic (exact) mass is 474 g/mol. The van der Waals surface area contributed by atoms with Crippen molar-refractivity contribution in [1.82, 2.24) is 10.2 Å². The molecule has 1 saturated heterocycles. The first kappa shape index (κ1) is 22.4. The Morgan fingerprint density at radius 1 is 1.33 bits per heavy atom. The zero-order valence-electron chi connectivity index (χ0n) is 15.4. The smallest absolute Gasteiger partial charge is 0.352 e. The Morgan fingerprint density at radius 3 is 2.63 bits per heavy atom. The number of amides is 2. The van der Waals surface area contributed by atoms with Crippen LogP contribution >= 0.6 is 35.0 Å². The number of aliphatic hydroxyl groups is 1. The topological polar surface area (TPSA) is 133 Å². The molecule has 2 aliphatic rings. The van der Waals surface area contributed by atoms with E-state index in [2.05, 4.69) is 5.32 Å². The molecule has 160 valence electrons. The van der Waals surface area contributed by atoms with Gasteiger partial charge in [0.2, 0.25) is 0 Å². The first-order chi connectivity index (χ1) is 14.1. The summed E-state index contributed by atoms with van der Waals surface area (Å²) in [5.74, 6) is -3.18. The Kier molecular flexibility index (Phi) is 6.61. The normalized spacial score (nSPS) is 21.5. The van der Waals surface area contributed by atoms with Crippen LogP contribution in [0.2, 0.25) is 10.0 Å². The molecule has 0 aromatic heterocycles. The molecule has 2 aliphatic heterocycles. The van der Waals surface area contributed by atoms with Crippen molar-refractivity contribution in [3.05, 3.63) is 45.1 Å². The van der Waals surface area contributed by atoms with Crippen LogP contribution in [0.25, 0.3) is 0 Å². The van der Waals surface area contributed by atoms with Crippen molar-refractivity contribution in [3.63, 3.8) is 0 Å². The van der Waals surface area contributed by atoms with Crippen molar-refractivity contribution in [2.24, 2.45) is 0 Å². The number of thioether (sulfide) groups is 1. The Bertz CT molecular complexity index is 968. The maximum absolute atomic E-state index is 12.6. The van der Waals surface area contributed by atoms with Crippen LogP contribution in [-0.2, 0) is 23.9 Å². The Morgan fingerprint density at radius 2 is 2.03 bits per heavy atom. The molecule has 12 heteroatoms. The molecule has 30 heavy (non-hydrogen) atoms. The van der Waals surface area contributed by atoms with Gasteiger partial charge >= 0.3 is 11.9 Å². The van der Waals surface area contributed by atoms with Gasteiger partial charge in [0.1, 0.15) is 23.7 Å². The molecule has 1 fully saturated rings. The van der Waals surface area contributed by atoms with Crippen molar-refractivity contribution in [2.75, 3.05) is 12.4 Å². The summed E-state index contributed by atoms with van der Waals surface area (Å²) in [7, 11) is 0. The maximum atomic E-state index is 12.6. The van der Waals surface area contributed by atoms with Crippen LogP contribution in [0.5, 0.6) is 0 Å². The van der Waals surface area contributed by atoms with Gasteiger partial charge in [-0.15, -0.1) is 11.8 Å². The minimum absolute atomic E-state index is 0.159. The molecule has 3 atom stereocenters. The quantitative estimate of drug-likeness (QED) is 0.415. The van der Waals surface area contributed by atoms with Crippen molar-refractivity contribution < 1.29 is 34.1 Å². The second-order valence-electron chi connectivity index (χ2n) is 6.51. The van der Waals surface area contributed by atoms with Crippen LogP contribution in [-0.4, -0.2) is 62.6 Å². The molecule has 2 heterocycles. The highest BCUT2D eigenvalue weighted by atomic mass is 35.5. The summed E-state index contributed by atoms with van der Waals surface area (Å²) in [5, 5.41) is 22.0. The van der Waals surface area contributed by atoms with Crippen molar-refractivity contribution in [3.8, 4) is 0 Å². The molecule has 1 aromatic rings. The lowest BCUT2D eigenvalue weighted by Crippen LogP contribution is -2.71. The zero-order valence-corrected chi connectivity index (χ0v) is 17.8. The fourth-order valence-corrected chi connectivity index (χ4v) is 4.68. The van der Waals surface area contributed by atoms with Gasteiger partial charge in [0.15, 0.2) is 6.10 Å². The van der Waals surface area contributed by atoms with Crippen molar-refractivity contribution >= 4 is 58.7 Å². The molecule has 2 amide bonds. The van der Waals surface area contributed by atoms with Gasteiger partial charge in [-0.05, 0) is 17.7 Å². The van der Waals surface area contributed by atoms with E-state index in [-0.39, 0.29) is 39.2 Å². The molecule has 9 nitrogen and oxygen atoms in total. The van der Waals surface area contributed by atoms with Gasteiger partial charge in [0, 0.05) is 18.2 Å². The number of benzene rings is 1. The summed E-state index contributed by atoms with van der Waals surface area (Å²) in [6.07, 6.45) is -1.59. The molecule has 1 aromatic carbocycles. The number of carboxylic acids is 1. The van der Waals surface area contributed by atoms with Gasteiger partial charge in [-0.1, -0.05) is 29.3 Å². The lowest BCUT2D eigenvalue weighted by molar-refractivity contribution is -0.152. The maximum Gasteiger partial charge on any atom is 0.352 e. The van der Waals surface area contributed by atoms with Gasteiger partial charge in [0.05, 0.1) is 10.0 Å². The lowest BCUT2D eigenvalue weighted by Gasteiger charge is -2.49. The van der Waals surface area contributed by atoms with Crippen LogP contribution in [0.4, 0.5) is 0 Å². The number of fused-ring (bicyclic) bond motifs is 1. The number of nitrogens with one attached hydrogen (secondary N) is 1. The molecule has 0 radical (unpaired) electrons. The number of halogens is 2. The molecular weight excluding hydrogens is 459 g/mol. The molecule has 0 saturated carbocycles. The van der Waals surface area contributed by atoms with E-state index < -0.39 is 41.3 Å². The van der Waals surface area contributed by atoms with Gasteiger partial charge < -0.3 is 20.3 Å². The van der Waals surface area contributed by atoms with Gasteiger partial charge in [-0.2, -0.15) is 0 Å². The first-order valence-corrected chi connectivity index (χ1v) is 10.4. The minimum atomic E-state index is -1.59. The van der Waals surface area contributed by atoms with E-state index in [1.54, 1.807) is 0 Å². The van der Waals surface area contributed by atoms with Crippen LogP contribution in [0.15, 0.2) is 29.5 Å². The van der Waals surface area contributed by atoms with E-state index in [9.17, 15) is 29.4 Å². The third-order valence-corrected chi connectivity index (χ3v) is 6.58. The van der Waals surface area contributed by atoms with Crippen LogP contribution < -0.4 is 5.32 Å². The number of aliphatic carboxylic acids is 1. The molecule has 0 spiro atoms. The number of carbonyl (C=O) groups excluding carboxylic acids is 3. The largest absolute Gasteiger partial charge is 0.477 e. The predicted molar refractivity (Wildman–Crippen MR) is 108 cm³/mol. The zero-order chi connectivity index (χ0) is 22.2. The fraction of sp³-hybridized carbons (Fsp3) is 0.333. The van der Waals surface area contributed by atoms with E-state index in [1.807, 2.05) is 0 Å². The minimum Gasteiger partial charge on any atom is -0.477 e. The Balaban J connectivity index is 1.72. The number of ether oxygens (including phenoxy) is 1. The molecular formula is C18H16Cl2N2O7S. The lowest BCUT2D eigenvalue weighted by atomic mass is 10.0. The van der Waals surface area contributed by atoms with E-state index in [1.165, 1.54) is 36.9 Å². The van der Waals surface area contributed by atoms with Crippen LogP contribution in [0.3, 0.4) is 0 Å². The van der Waals surface area contributed by atoms with E-state index in [0.717, 1.165) is 4.90 Å². The second-order valence-corrected chi connectivity index (χ2v) is 8.43. The van der Waals surface area contributed by atoms with Gasteiger partial charge in [-0.3, -0.25) is 19.3 Å². The average Bonchev–Trinajstić information content (AvgIpc) is 2.70. The highest BCUT2D eigenvalue weighted by Crippen LogP contribution is 2.40. The Hall–Kier alpha value is -2.27. The summed E-state index contributed by atoms with van der Waals surface area (Å²) >= 11 is 12.9. The number of esters is 1. The number of hydrogen-bond acceptors (Lipinski definition) is 7. The first-order valence-electron chi connectivity index (χ1n) is 8.58. The number of aliphatic hydroxyl groups excluding tert-OH is 1. The summed E-state index contributed by atoms with van der Waals surface area (Å²) in [6, 6.07) is 3.18. The van der Waals surface area contributed by atoms with Crippen LogP contribution in [0.1, 0.15) is 18.6 Å². The third-order valence-electron chi connectivity index (χ3n) is 4.50. The number of nitrogens with zero attached hydrogens (tertiary/aromatic N) is 1. The summed E-state index contributed by atoms with van der Waals surface area (Å²) < 4.78 is 4.86. The molecule has 0 bridgehead atoms. The number of β-lactam (4-membered cyclic amide) rings is 1. The van der Waals surface area contributed by atoms with Gasteiger partial charge in [0.25, 0.3) is 11.8 Å². The molecule has 3 unspecified atom stereocenters. The second kappa shape index (κ2) is 8.84. The standard InChI is InChI=1S/C18H16Cl2N2O7S/c1-7(23)29-5-9-6-30-17-12(16(26)22(17)13(9)18(27)28)21-15(25)14(24)8-2-3-10(19)11(20)4-8/h2-4,12,14,17,24H,5-6H2,1H3,(H,21,25)(H,27,28). The van der Waals surface area contributed by atoms with Crippen LogP contribution in [0, 0.1) is 0 Å². The third kappa shape index (κ3) is 4.27. The van der Waals surface area contributed by atoms with E-state index in [0.29, 0.717) is 0 Å². The molecule has 3 rings (SSSR count). The highest BCUT2D eigenvalue weighted by Gasteiger charge is 2.54. The molecule has 0 aliphatic carbocycles. The predicted octanol–water partition coefficient (Wildman–Crippen LogP) is 1.33. The van der Waals surface area contributed by atoms with E-state index >= 15 is 0 Å². The summed E-state index contributed by atoms with van der Waals surface area (Å²) in [4.78, 5) is 48.7. The summed E-state index contributed by atoms with van der Waals surface area (Å²) in [5.41, 5.74) is 0.213. The number of rotatable bonds is 6. The number of hydrogen-bond donors (Lipinski definition) is 3.